The molecule has 2 aliphatic rings. The lowest BCUT2D eigenvalue weighted by atomic mass is 9.58. The van der Waals surface area contributed by atoms with E-state index in [1.165, 1.54) is 12.0 Å². The van der Waals surface area contributed by atoms with Crippen LogP contribution < -0.4 is 0 Å². The molecule has 0 unspecified atom stereocenters. The van der Waals surface area contributed by atoms with Crippen LogP contribution in [-0.4, -0.2) is 10.7 Å². The Bertz CT molecular complexity index is 290. The lowest BCUT2D eigenvalue weighted by Crippen LogP contribution is -2.46. The zero-order valence-electron chi connectivity index (χ0n) is 11.1. The number of hydrogen-bond acceptors (Lipinski definition) is 1. The monoisotopic (exact) mass is 222 g/mol. The second-order valence-electron chi connectivity index (χ2n) is 6.56. The number of hydrogen-bond donors (Lipinski definition) is 1. The molecule has 1 nitrogen and oxygen atoms in total. The average molecular weight is 222 g/mol. The van der Waals surface area contributed by atoms with E-state index >= 15 is 0 Å². The van der Waals surface area contributed by atoms with Gasteiger partial charge in [-0.05, 0) is 57.3 Å². The molecule has 0 amide bonds. The van der Waals surface area contributed by atoms with E-state index in [2.05, 4.69) is 20.4 Å². The Morgan fingerprint density at radius 1 is 1.38 bits per heavy atom. The van der Waals surface area contributed by atoms with Gasteiger partial charge in [-0.1, -0.05) is 26.0 Å². The van der Waals surface area contributed by atoms with Crippen molar-refractivity contribution in [3.63, 3.8) is 0 Å². The maximum Gasteiger partial charge on any atom is 0.0712 e. The molecule has 0 aromatic heterocycles. The van der Waals surface area contributed by atoms with Gasteiger partial charge in [-0.25, -0.2) is 0 Å². The Labute approximate surface area is 99.9 Å². The molecule has 2 fully saturated rings. The summed E-state index contributed by atoms with van der Waals surface area (Å²) in [6.45, 7) is 10.9. The van der Waals surface area contributed by atoms with Crippen molar-refractivity contribution in [3.05, 3.63) is 12.2 Å². The highest BCUT2D eigenvalue weighted by Gasteiger charge is 2.54. The van der Waals surface area contributed by atoms with Crippen LogP contribution >= 0.6 is 0 Å². The van der Waals surface area contributed by atoms with Crippen molar-refractivity contribution in [2.24, 2.45) is 17.3 Å². The molecule has 2 saturated carbocycles. The summed E-state index contributed by atoms with van der Waals surface area (Å²) in [6, 6.07) is 0. The highest BCUT2D eigenvalue weighted by Crippen LogP contribution is 2.59. The summed E-state index contributed by atoms with van der Waals surface area (Å²) in [5, 5.41) is 10.7. The lowest BCUT2D eigenvalue weighted by molar-refractivity contribution is -0.0509. The van der Waals surface area contributed by atoms with Crippen molar-refractivity contribution in [3.8, 4) is 0 Å². The van der Waals surface area contributed by atoms with Crippen molar-refractivity contribution in [1.29, 1.82) is 0 Å². The van der Waals surface area contributed by atoms with E-state index in [1.54, 1.807) is 0 Å². The van der Waals surface area contributed by atoms with Crippen LogP contribution in [0.25, 0.3) is 0 Å². The summed E-state index contributed by atoms with van der Waals surface area (Å²) in [6.07, 6.45) is 6.83. The lowest BCUT2D eigenvalue weighted by Gasteiger charge is -2.48. The average Bonchev–Trinajstić information content (AvgIpc) is 2.47. The van der Waals surface area contributed by atoms with Gasteiger partial charge in [0, 0.05) is 5.41 Å². The molecule has 92 valence electrons. The molecule has 0 bridgehead atoms. The van der Waals surface area contributed by atoms with E-state index in [9.17, 15) is 5.11 Å². The fourth-order valence-corrected chi connectivity index (χ4v) is 3.98. The third kappa shape index (κ3) is 1.64. The first kappa shape index (κ1) is 12.2. The van der Waals surface area contributed by atoms with Crippen molar-refractivity contribution in [2.75, 3.05) is 0 Å². The first-order valence-corrected chi connectivity index (χ1v) is 6.80. The Kier molecular flexibility index (Phi) is 2.94. The molecule has 0 aromatic rings. The topological polar surface area (TPSA) is 20.2 Å². The van der Waals surface area contributed by atoms with Crippen LogP contribution in [0.2, 0.25) is 0 Å². The van der Waals surface area contributed by atoms with E-state index in [4.69, 9.17) is 0 Å². The molecule has 16 heavy (non-hydrogen) atoms. The largest absolute Gasteiger partial charge is 0.389 e. The van der Waals surface area contributed by atoms with Crippen LogP contribution in [0.3, 0.4) is 0 Å². The molecule has 2 rings (SSSR count). The van der Waals surface area contributed by atoms with Gasteiger partial charge < -0.3 is 5.11 Å². The van der Waals surface area contributed by atoms with E-state index in [-0.39, 0.29) is 5.41 Å². The highest BCUT2D eigenvalue weighted by molar-refractivity contribution is 5.23. The number of aliphatic hydroxyl groups is 1. The van der Waals surface area contributed by atoms with Crippen LogP contribution in [0, 0.1) is 17.3 Å². The summed E-state index contributed by atoms with van der Waals surface area (Å²) in [5.74, 6) is 1.51. The molecule has 3 atom stereocenters. The molecular weight excluding hydrogens is 196 g/mol. The summed E-state index contributed by atoms with van der Waals surface area (Å²) in [7, 11) is 0. The molecule has 0 radical (unpaired) electrons. The van der Waals surface area contributed by atoms with Crippen LogP contribution in [0.15, 0.2) is 12.2 Å². The standard InChI is InChI=1S/C15H26O/c1-11(2)13-7-6-12(3)15(10-13)9-5-8-14(15,4)16/h11,13,16H,3,5-10H2,1-2,4H3/t13-,14+,15+/m1/s1. The third-order valence-corrected chi connectivity index (χ3v) is 5.35. The van der Waals surface area contributed by atoms with E-state index in [0.29, 0.717) is 0 Å². The van der Waals surface area contributed by atoms with Crippen LogP contribution in [0.4, 0.5) is 0 Å². The van der Waals surface area contributed by atoms with Gasteiger partial charge in [0.2, 0.25) is 0 Å². The molecular formula is C15H26O. The normalized spacial score (nSPS) is 44.6. The minimum absolute atomic E-state index is 0.0419. The Morgan fingerprint density at radius 2 is 2.06 bits per heavy atom. The van der Waals surface area contributed by atoms with Gasteiger partial charge in [0.05, 0.1) is 5.60 Å². The summed E-state index contributed by atoms with van der Waals surface area (Å²) >= 11 is 0. The molecule has 1 spiro atoms. The van der Waals surface area contributed by atoms with Gasteiger partial charge in [0.25, 0.3) is 0 Å². The maximum absolute atomic E-state index is 10.7. The van der Waals surface area contributed by atoms with Gasteiger partial charge >= 0.3 is 0 Å². The quantitative estimate of drug-likeness (QED) is 0.667. The minimum atomic E-state index is -0.502. The first-order valence-electron chi connectivity index (χ1n) is 6.80. The predicted octanol–water partition coefficient (Wildman–Crippen LogP) is 3.92. The van der Waals surface area contributed by atoms with Gasteiger partial charge in [-0.15, -0.1) is 0 Å². The Morgan fingerprint density at radius 3 is 2.56 bits per heavy atom. The van der Waals surface area contributed by atoms with Crippen molar-refractivity contribution in [1.82, 2.24) is 0 Å². The summed E-state index contributed by atoms with van der Waals surface area (Å²) in [4.78, 5) is 0. The predicted molar refractivity (Wildman–Crippen MR) is 68.2 cm³/mol. The van der Waals surface area contributed by atoms with Crippen molar-refractivity contribution >= 4 is 0 Å². The van der Waals surface area contributed by atoms with E-state index in [1.807, 2.05) is 6.92 Å². The van der Waals surface area contributed by atoms with Gasteiger partial charge in [-0.3, -0.25) is 0 Å². The smallest absolute Gasteiger partial charge is 0.0712 e. The molecule has 0 saturated heterocycles. The van der Waals surface area contributed by atoms with Crippen LogP contribution in [-0.2, 0) is 0 Å². The van der Waals surface area contributed by atoms with Gasteiger partial charge in [0.1, 0.15) is 0 Å². The summed E-state index contributed by atoms with van der Waals surface area (Å²) < 4.78 is 0. The minimum Gasteiger partial charge on any atom is -0.389 e. The fraction of sp³-hybridized carbons (Fsp3) is 0.867. The summed E-state index contributed by atoms with van der Waals surface area (Å²) in [5.41, 5.74) is 0.865. The Hall–Kier alpha value is -0.300. The third-order valence-electron chi connectivity index (χ3n) is 5.35. The molecule has 0 aliphatic heterocycles. The van der Waals surface area contributed by atoms with E-state index < -0.39 is 5.60 Å². The molecule has 2 aliphatic carbocycles. The van der Waals surface area contributed by atoms with Crippen molar-refractivity contribution in [2.45, 2.75) is 64.9 Å². The second-order valence-corrected chi connectivity index (χ2v) is 6.56. The zero-order valence-corrected chi connectivity index (χ0v) is 11.1. The second kappa shape index (κ2) is 3.87. The molecule has 0 aromatic carbocycles. The van der Waals surface area contributed by atoms with Crippen LogP contribution in [0.1, 0.15) is 59.3 Å². The zero-order chi connectivity index (χ0) is 12.0. The van der Waals surface area contributed by atoms with Gasteiger partial charge in [0.15, 0.2) is 0 Å². The fourth-order valence-electron chi connectivity index (χ4n) is 3.98. The molecule has 0 heterocycles. The number of rotatable bonds is 1. The highest BCUT2D eigenvalue weighted by atomic mass is 16.3. The van der Waals surface area contributed by atoms with Gasteiger partial charge in [-0.2, -0.15) is 0 Å². The van der Waals surface area contributed by atoms with E-state index in [0.717, 1.165) is 43.9 Å². The molecule has 1 heteroatoms. The van der Waals surface area contributed by atoms with Crippen molar-refractivity contribution < 1.29 is 5.11 Å². The first-order chi connectivity index (χ1) is 7.39. The SMILES string of the molecule is C=C1CC[C@@H](C(C)C)C[C@@]12CCC[C@]2(C)O. The van der Waals surface area contributed by atoms with Crippen LogP contribution in [0.5, 0.6) is 0 Å². The maximum atomic E-state index is 10.7. The Balaban J connectivity index is 2.27. The molecule has 1 N–H and O–H groups in total.